The number of amides is 2. The van der Waals surface area contributed by atoms with E-state index in [-0.39, 0.29) is 29.7 Å². The smallest absolute Gasteiger partial charge is 0.269 e. The zero-order valence-corrected chi connectivity index (χ0v) is 17.1. The third-order valence-corrected chi connectivity index (χ3v) is 5.84. The van der Waals surface area contributed by atoms with Crippen molar-refractivity contribution in [3.8, 4) is 0 Å². The molecule has 2 aliphatic rings. The summed E-state index contributed by atoms with van der Waals surface area (Å²) in [5, 5.41) is 10.8. The standard InChI is InChI=1S/C22H22N4O5/c1-15(27)16-2-4-18(5-3-16)25-21(28)14-20(22(25)29)24-12-10-23(11-13-24)17-6-8-19(9-7-17)26(30)31/h2-9,20H,10-14H2,1H3. The number of nitrogens with zero attached hydrogens (tertiary/aromatic N) is 4. The summed E-state index contributed by atoms with van der Waals surface area (Å²) in [7, 11) is 0. The second-order valence-corrected chi connectivity index (χ2v) is 7.69. The number of nitro groups is 1. The highest BCUT2D eigenvalue weighted by Crippen LogP contribution is 2.28. The number of anilines is 2. The number of carbonyl (C=O) groups is 3. The third kappa shape index (κ3) is 4.04. The fraction of sp³-hybridized carbons (Fsp3) is 0.318. The fourth-order valence-electron chi connectivity index (χ4n) is 4.09. The molecule has 2 amide bonds. The number of benzene rings is 2. The van der Waals surface area contributed by atoms with Crippen molar-refractivity contribution in [3.05, 3.63) is 64.2 Å². The average molecular weight is 422 g/mol. The third-order valence-electron chi connectivity index (χ3n) is 5.84. The van der Waals surface area contributed by atoms with Crippen LogP contribution >= 0.6 is 0 Å². The molecule has 2 fully saturated rings. The van der Waals surface area contributed by atoms with E-state index in [2.05, 4.69) is 4.90 Å². The SMILES string of the molecule is CC(=O)c1ccc(N2C(=O)CC(N3CCN(c4ccc([N+](=O)[O-])cc4)CC3)C2=O)cc1. The molecule has 31 heavy (non-hydrogen) atoms. The van der Waals surface area contributed by atoms with Gasteiger partial charge in [-0.15, -0.1) is 0 Å². The van der Waals surface area contributed by atoms with Crippen LogP contribution in [0.4, 0.5) is 17.1 Å². The molecule has 9 heteroatoms. The van der Waals surface area contributed by atoms with Crippen LogP contribution in [0.3, 0.4) is 0 Å². The van der Waals surface area contributed by atoms with Gasteiger partial charge in [0.15, 0.2) is 5.78 Å². The predicted molar refractivity (Wildman–Crippen MR) is 114 cm³/mol. The Bertz CT molecular complexity index is 1030. The number of non-ortho nitro benzene ring substituents is 1. The summed E-state index contributed by atoms with van der Waals surface area (Å²) >= 11 is 0. The second-order valence-electron chi connectivity index (χ2n) is 7.69. The molecule has 2 saturated heterocycles. The lowest BCUT2D eigenvalue weighted by Gasteiger charge is -2.38. The molecule has 4 rings (SSSR count). The summed E-state index contributed by atoms with van der Waals surface area (Å²) in [6, 6.07) is 12.4. The zero-order valence-electron chi connectivity index (χ0n) is 17.1. The maximum Gasteiger partial charge on any atom is 0.269 e. The number of nitro benzene ring substituents is 1. The van der Waals surface area contributed by atoms with Gasteiger partial charge in [-0.2, -0.15) is 0 Å². The molecule has 0 N–H and O–H groups in total. The number of hydrogen-bond acceptors (Lipinski definition) is 7. The first-order valence-corrected chi connectivity index (χ1v) is 10.1. The van der Waals surface area contributed by atoms with Crippen LogP contribution in [-0.2, 0) is 9.59 Å². The van der Waals surface area contributed by atoms with Crippen molar-refractivity contribution >= 4 is 34.7 Å². The number of hydrogen-bond donors (Lipinski definition) is 0. The van der Waals surface area contributed by atoms with Crippen molar-refractivity contribution in [3.63, 3.8) is 0 Å². The number of Topliss-reactive ketones (excluding diaryl/α,β-unsaturated/α-hetero) is 1. The van der Waals surface area contributed by atoms with Gasteiger partial charge >= 0.3 is 0 Å². The van der Waals surface area contributed by atoms with Gasteiger partial charge in [-0.1, -0.05) is 0 Å². The van der Waals surface area contributed by atoms with E-state index in [9.17, 15) is 24.5 Å². The molecule has 160 valence electrons. The monoisotopic (exact) mass is 422 g/mol. The maximum absolute atomic E-state index is 13.0. The van der Waals surface area contributed by atoms with Gasteiger partial charge in [0.1, 0.15) is 0 Å². The van der Waals surface area contributed by atoms with Crippen molar-refractivity contribution in [1.82, 2.24) is 4.90 Å². The van der Waals surface area contributed by atoms with Crippen LogP contribution in [0, 0.1) is 10.1 Å². The van der Waals surface area contributed by atoms with Gasteiger partial charge in [-0.25, -0.2) is 4.90 Å². The molecule has 2 aromatic rings. The van der Waals surface area contributed by atoms with Gasteiger partial charge < -0.3 is 4.90 Å². The summed E-state index contributed by atoms with van der Waals surface area (Å²) in [5.41, 5.74) is 1.95. The molecule has 1 unspecified atom stereocenters. The first-order chi connectivity index (χ1) is 14.8. The molecule has 2 aromatic carbocycles. The van der Waals surface area contributed by atoms with Gasteiger partial charge in [0.2, 0.25) is 5.91 Å². The number of carbonyl (C=O) groups excluding carboxylic acids is 3. The van der Waals surface area contributed by atoms with E-state index in [1.807, 2.05) is 4.90 Å². The summed E-state index contributed by atoms with van der Waals surface area (Å²) in [6.07, 6.45) is 0.130. The summed E-state index contributed by atoms with van der Waals surface area (Å²) in [4.78, 5) is 52.8. The Morgan fingerprint density at radius 2 is 1.52 bits per heavy atom. The summed E-state index contributed by atoms with van der Waals surface area (Å²) in [6.45, 7) is 4.00. The van der Waals surface area contributed by atoms with Gasteiger partial charge in [0, 0.05) is 49.6 Å². The highest BCUT2D eigenvalue weighted by Gasteiger charge is 2.43. The molecule has 1 atom stereocenters. The van der Waals surface area contributed by atoms with Crippen LogP contribution in [0.5, 0.6) is 0 Å². The molecular weight excluding hydrogens is 400 g/mol. The Hall–Kier alpha value is -3.59. The van der Waals surface area contributed by atoms with E-state index in [1.54, 1.807) is 36.4 Å². The normalized spacial score (nSPS) is 19.7. The van der Waals surface area contributed by atoms with E-state index >= 15 is 0 Å². The summed E-state index contributed by atoms with van der Waals surface area (Å²) < 4.78 is 0. The van der Waals surface area contributed by atoms with Crippen molar-refractivity contribution in [2.45, 2.75) is 19.4 Å². The fourth-order valence-corrected chi connectivity index (χ4v) is 4.09. The minimum Gasteiger partial charge on any atom is -0.369 e. The topological polar surface area (TPSA) is 104 Å². The van der Waals surface area contributed by atoms with Gasteiger partial charge in [0.05, 0.1) is 23.1 Å². The van der Waals surface area contributed by atoms with Crippen LogP contribution in [-0.4, -0.2) is 59.6 Å². The largest absolute Gasteiger partial charge is 0.369 e. The van der Waals surface area contributed by atoms with Gasteiger partial charge in [-0.05, 0) is 43.3 Å². The molecule has 2 aliphatic heterocycles. The van der Waals surface area contributed by atoms with E-state index < -0.39 is 11.0 Å². The highest BCUT2D eigenvalue weighted by molar-refractivity contribution is 6.22. The Morgan fingerprint density at radius 1 is 0.935 bits per heavy atom. The molecule has 2 heterocycles. The maximum atomic E-state index is 13.0. The molecule has 0 aromatic heterocycles. The minimum atomic E-state index is -0.501. The predicted octanol–water partition coefficient (Wildman–Crippen LogP) is 2.25. The van der Waals surface area contributed by atoms with E-state index in [0.717, 1.165) is 5.69 Å². The van der Waals surface area contributed by atoms with Crippen molar-refractivity contribution in [2.75, 3.05) is 36.0 Å². The summed E-state index contributed by atoms with van der Waals surface area (Å²) in [5.74, 6) is -0.567. The van der Waals surface area contributed by atoms with Crippen molar-refractivity contribution in [1.29, 1.82) is 0 Å². The lowest BCUT2D eigenvalue weighted by Crippen LogP contribution is -2.52. The van der Waals surface area contributed by atoms with Crippen LogP contribution in [0.15, 0.2) is 48.5 Å². The van der Waals surface area contributed by atoms with Crippen LogP contribution < -0.4 is 9.80 Å². The van der Waals surface area contributed by atoms with E-state index in [1.165, 1.54) is 24.0 Å². The first kappa shape index (κ1) is 20.7. The number of piperazine rings is 1. The second kappa shape index (κ2) is 8.27. The highest BCUT2D eigenvalue weighted by atomic mass is 16.6. The lowest BCUT2D eigenvalue weighted by atomic mass is 10.1. The van der Waals surface area contributed by atoms with Crippen LogP contribution in [0.1, 0.15) is 23.7 Å². The van der Waals surface area contributed by atoms with Crippen molar-refractivity contribution in [2.24, 2.45) is 0 Å². The number of ketones is 1. The number of rotatable bonds is 5. The Labute approximate surface area is 179 Å². The average Bonchev–Trinajstić information content (AvgIpc) is 3.08. The van der Waals surface area contributed by atoms with Crippen molar-refractivity contribution < 1.29 is 19.3 Å². The lowest BCUT2D eigenvalue weighted by molar-refractivity contribution is -0.384. The Balaban J connectivity index is 1.41. The van der Waals surface area contributed by atoms with Gasteiger partial charge in [0.25, 0.3) is 11.6 Å². The molecule has 0 bridgehead atoms. The molecule has 0 aliphatic carbocycles. The first-order valence-electron chi connectivity index (χ1n) is 10.1. The minimum absolute atomic E-state index is 0.0499. The van der Waals surface area contributed by atoms with E-state index in [4.69, 9.17) is 0 Å². The van der Waals surface area contributed by atoms with Gasteiger partial charge in [-0.3, -0.25) is 29.4 Å². The molecule has 0 spiro atoms. The Kier molecular flexibility index (Phi) is 5.51. The molecular formula is C22H22N4O5. The van der Waals surface area contributed by atoms with Crippen LogP contribution in [0.2, 0.25) is 0 Å². The Morgan fingerprint density at radius 3 is 2.06 bits per heavy atom. The zero-order chi connectivity index (χ0) is 22.1. The molecule has 0 saturated carbocycles. The quantitative estimate of drug-likeness (QED) is 0.315. The van der Waals surface area contributed by atoms with Crippen LogP contribution in [0.25, 0.3) is 0 Å². The number of imide groups is 1. The molecule has 0 radical (unpaired) electrons. The van der Waals surface area contributed by atoms with E-state index in [0.29, 0.717) is 37.4 Å². The molecule has 9 nitrogen and oxygen atoms in total.